The van der Waals surface area contributed by atoms with Crippen LogP contribution in [0.15, 0.2) is 58.2 Å². The van der Waals surface area contributed by atoms with Crippen LogP contribution in [0.4, 0.5) is 0 Å². The molecule has 10 heteroatoms. The summed E-state index contributed by atoms with van der Waals surface area (Å²) in [6.07, 6.45) is -1.21. The van der Waals surface area contributed by atoms with E-state index in [9.17, 15) is 18.0 Å². The minimum absolute atomic E-state index is 0.0916. The predicted octanol–water partition coefficient (Wildman–Crippen LogP) is 2.64. The topological polar surface area (TPSA) is 119 Å². The molecule has 0 unspecified atom stereocenters. The van der Waals surface area contributed by atoms with Crippen LogP contribution in [-0.4, -0.2) is 54.0 Å². The first-order valence-corrected chi connectivity index (χ1v) is 12.0. The van der Waals surface area contributed by atoms with E-state index in [1.54, 1.807) is 31.2 Å². The first-order valence-electron chi connectivity index (χ1n) is 10.6. The van der Waals surface area contributed by atoms with Crippen LogP contribution < -0.4 is 5.56 Å². The number of para-hydroxylation sites is 1. The van der Waals surface area contributed by atoms with Crippen LogP contribution in [0.2, 0.25) is 0 Å². The zero-order valence-corrected chi connectivity index (χ0v) is 19.3. The van der Waals surface area contributed by atoms with E-state index in [2.05, 4.69) is 9.97 Å². The number of morpholine rings is 1. The molecule has 1 fully saturated rings. The Morgan fingerprint density at radius 2 is 1.76 bits per heavy atom. The van der Waals surface area contributed by atoms with Crippen molar-refractivity contribution in [1.29, 1.82) is 0 Å². The van der Waals surface area contributed by atoms with Gasteiger partial charge in [0.1, 0.15) is 0 Å². The highest BCUT2D eigenvalue weighted by molar-refractivity contribution is 7.89. The number of hydrogen-bond donors (Lipinski definition) is 1. The van der Waals surface area contributed by atoms with Crippen molar-refractivity contribution in [3.63, 3.8) is 0 Å². The third-order valence-electron chi connectivity index (χ3n) is 5.41. The van der Waals surface area contributed by atoms with Crippen LogP contribution in [0.5, 0.6) is 0 Å². The fourth-order valence-corrected chi connectivity index (χ4v) is 5.41. The maximum atomic E-state index is 13.0. The summed E-state index contributed by atoms with van der Waals surface area (Å²) in [7, 11) is -3.71. The van der Waals surface area contributed by atoms with Gasteiger partial charge >= 0.3 is 5.97 Å². The molecule has 2 aromatic carbocycles. The van der Waals surface area contributed by atoms with Gasteiger partial charge < -0.3 is 14.5 Å². The van der Waals surface area contributed by atoms with E-state index in [4.69, 9.17) is 9.47 Å². The molecule has 0 spiro atoms. The Bertz CT molecular complexity index is 1330. The van der Waals surface area contributed by atoms with E-state index in [-0.39, 0.29) is 47.1 Å². The number of esters is 1. The third-order valence-corrected chi connectivity index (χ3v) is 7.26. The average Bonchev–Trinajstić information content (AvgIpc) is 2.78. The van der Waals surface area contributed by atoms with Crippen LogP contribution >= 0.6 is 0 Å². The van der Waals surface area contributed by atoms with Gasteiger partial charge in [-0.25, -0.2) is 18.2 Å². The fraction of sp³-hybridized carbons (Fsp3) is 0.348. The van der Waals surface area contributed by atoms with Gasteiger partial charge in [-0.3, -0.25) is 4.79 Å². The lowest BCUT2D eigenvalue weighted by molar-refractivity contribution is -0.0440. The van der Waals surface area contributed by atoms with E-state index in [0.717, 1.165) is 0 Å². The second-order valence-electron chi connectivity index (χ2n) is 8.12. The molecule has 1 aromatic heterocycles. The van der Waals surface area contributed by atoms with Crippen molar-refractivity contribution >= 4 is 26.9 Å². The molecule has 0 amide bonds. The van der Waals surface area contributed by atoms with Gasteiger partial charge in [0.15, 0.2) is 11.9 Å². The normalized spacial score (nSPS) is 20.5. The number of ether oxygens (including phenoxy) is 2. The zero-order valence-electron chi connectivity index (χ0n) is 18.5. The molecule has 33 heavy (non-hydrogen) atoms. The number of hydrogen-bond acceptors (Lipinski definition) is 7. The average molecular weight is 472 g/mol. The van der Waals surface area contributed by atoms with Crippen LogP contribution in [0.1, 0.15) is 43.1 Å². The third kappa shape index (κ3) is 4.82. The number of aromatic nitrogens is 2. The van der Waals surface area contributed by atoms with Gasteiger partial charge in [0, 0.05) is 13.1 Å². The molecule has 3 aromatic rings. The summed E-state index contributed by atoms with van der Waals surface area (Å²) in [5, 5.41) is 0.445. The van der Waals surface area contributed by atoms with Crippen LogP contribution in [0, 0.1) is 0 Å². The Hall–Kier alpha value is -3.08. The van der Waals surface area contributed by atoms with E-state index >= 15 is 0 Å². The van der Waals surface area contributed by atoms with E-state index < -0.39 is 22.1 Å². The minimum atomic E-state index is -3.71. The highest BCUT2D eigenvalue weighted by atomic mass is 32.2. The highest BCUT2D eigenvalue weighted by Crippen LogP contribution is 2.22. The summed E-state index contributed by atoms with van der Waals surface area (Å²) < 4.78 is 38.4. The number of aromatic amines is 1. The van der Waals surface area contributed by atoms with Crippen molar-refractivity contribution in [1.82, 2.24) is 14.3 Å². The van der Waals surface area contributed by atoms with E-state index in [1.807, 2.05) is 13.8 Å². The van der Waals surface area contributed by atoms with E-state index in [0.29, 0.717) is 10.9 Å². The monoisotopic (exact) mass is 471 g/mol. The molecule has 3 atom stereocenters. The molecule has 0 aliphatic carbocycles. The van der Waals surface area contributed by atoms with Crippen LogP contribution in [0.25, 0.3) is 10.9 Å². The maximum Gasteiger partial charge on any atom is 0.338 e. The second-order valence-corrected chi connectivity index (χ2v) is 10.1. The molecule has 0 saturated carbocycles. The Morgan fingerprint density at radius 3 is 2.42 bits per heavy atom. The molecular weight excluding hydrogens is 446 g/mol. The number of rotatable bonds is 5. The quantitative estimate of drug-likeness (QED) is 0.568. The van der Waals surface area contributed by atoms with Crippen molar-refractivity contribution in [2.75, 3.05) is 13.1 Å². The molecule has 0 radical (unpaired) electrons. The second kappa shape index (κ2) is 9.05. The number of benzene rings is 2. The summed E-state index contributed by atoms with van der Waals surface area (Å²) in [5.74, 6) is -0.433. The van der Waals surface area contributed by atoms with E-state index in [1.165, 1.54) is 28.6 Å². The Balaban J connectivity index is 1.49. The van der Waals surface area contributed by atoms with Gasteiger partial charge in [-0.2, -0.15) is 4.31 Å². The smallest absolute Gasteiger partial charge is 0.338 e. The first kappa shape index (κ1) is 23.1. The molecule has 1 aliphatic heterocycles. The van der Waals surface area contributed by atoms with Gasteiger partial charge in [-0.1, -0.05) is 12.1 Å². The van der Waals surface area contributed by atoms with Crippen molar-refractivity contribution in [3.8, 4) is 0 Å². The number of nitrogens with zero attached hydrogens (tertiary/aromatic N) is 2. The zero-order chi connectivity index (χ0) is 23.8. The maximum absolute atomic E-state index is 13.0. The van der Waals surface area contributed by atoms with Gasteiger partial charge in [-0.05, 0) is 57.2 Å². The van der Waals surface area contributed by atoms with Crippen molar-refractivity contribution < 1.29 is 22.7 Å². The molecule has 1 N–H and O–H groups in total. The SMILES string of the molecule is C[C@@H]1CN(S(=O)(=O)c2ccc(C(=O)O[C@H](C)c3nc4ccccc4c(=O)[nH]3)cc2)C[C@@H](C)O1. The van der Waals surface area contributed by atoms with Crippen LogP contribution in [-0.2, 0) is 19.5 Å². The Labute approximate surface area is 191 Å². The molecule has 1 aliphatic rings. The van der Waals surface area contributed by atoms with Crippen molar-refractivity contribution in [2.24, 2.45) is 0 Å². The van der Waals surface area contributed by atoms with Gasteiger partial charge in [0.25, 0.3) is 5.56 Å². The van der Waals surface area contributed by atoms with Gasteiger partial charge in [-0.15, -0.1) is 0 Å². The Morgan fingerprint density at radius 1 is 1.12 bits per heavy atom. The lowest BCUT2D eigenvalue weighted by Gasteiger charge is -2.34. The molecule has 0 bridgehead atoms. The largest absolute Gasteiger partial charge is 0.451 e. The minimum Gasteiger partial charge on any atom is -0.451 e. The molecule has 1 saturated heterocycles. The molecule has 2 heterocycles. The number of carbonyl (C=O) groups is 1. The summed E-state index contributed by atoms with van der Waals surface area (Å²) >= 11 is 0. The standard InChI is InChI=1S/C23H25N3O6S/c1-14-12-26(13-15(2)31-14)33(29,30)18-10-8-17(9-11-18)23(28)32-16(3)21-24-20-7-5-4-6-19(20)22(27)25-21/h4-11,14-16H,12-13H2,1-3H3,(H,24,25,27)/t14-,15-,16-/m1/s1. The van der Waals surface area contributed by atoms with Gasteiger partial charge in [0.2, 0.25) is 10.0 Å². The van der Waals surface area contributed by atoms with Crippen molar-refractivity contribution in [2.45, 2.75) is 44.0 Å². The lowest BCUT2D eigenvalue weighted by Crippen LogP contribution is -2.48. The molecule has 4 rings (SSSR count). The van der Waals surface area contributed by atoms with Crippen LogP contribution in [0.3, 0.4) is 0 Å². The number of carbonyl (C=O) groups excluding carboxylic acids is 1. The summed E-state index contributed by atoms with van der Waals surface area (Å²) in [5.41, 5.74) is 0.368. The molecule has 174 valence electrons. The highest BCUT2D eigenvalue weighted by Gasteiger charge is 2.32. The number of fused-ring (bicyclic) bond motifs is 1. The first-order chi connectivity index (χ1) is 15.6. The summed E-state index contributed by atoms with van der Waals surface area (Å²) in [6, 6.07) is 12.5. The van der Waals surface area contributed by atoms with Crippen molar-refractivity contribution in [3.05, 3.63) is 70.3 Å². The Kier molecular flexibility index (Phi) is 6.33. The summed E-state index contributed by atoms with van der Waals surface area (Å²) in [6.45, 7) is 5.80. The number of H-pyrrole nitrogens is 1. The fourth-order valence-electron chi connectivity index (χ4n) is 3.82. The number of nitrogens with one attached hydrogen (secondary N) is 1. The lowest BCUT2D eigenvalue weighted by atomic mass is 10.2. The molecular formula is C23H25N3O6S. The number of sulfonamides is 1. The summed E-state index contributed by atoms with van der Waals surface area (Å²) in [4.78, 5) is 32.0. The van der Waals surface area contributed by atoms with Gasteiger partial charge in [0.05, 0.1) is 33.6 Å². The molecule has 9 nitrogen and oxygen atoms in total. The predicted molar refractivity (Wildman–Crippen MR) is 121 cm³/mol.